The van der Waals surface area contributed by atoms with Crippen LogP contribution in [0.1, 0.15) is 24.5 Å². The first kappa shape index (κ1) is 22.5. The van der Waals surface area contributed by atoms with Crippen molar-refractivity contribution in [2.45, 2.75) is 38.5 Å². The second kappa shape index (κ2) is 10.3. The molecule has 33 heavy (non-hydrogen) atoms. The van der Waals surface area contributed by atoms with E-state index in [0.29, 0.717) is 19.4 Å². The van der Waals surface area contributed by atoms with E-state index in [9.17, 15) is 9.59 Å². The van der Waals surface area contributed by atoms with Crippen LogP contribution in [0.4, 0.5) is 4.79 Å². The van der Waals surface area contributed by atoms with Crippen LogP contribution in [0.15, 0.2) is 97.3 Å². The zero-order valence-electron chi connectivity index (χ0n) is 18.6. The van der Waals surface area contributed by atoms with Crippen molar-refractivity contribution < 1.29 is 19.1 Å². The summed E-state index contributed by atoms with van der Waals surface area (Å²) >= 11 is 0. The summed E-state index contributed by atoms with van der Waals surface area (Å²) in [4.78, 5) is 26.9. The lowest BCUT2D eigenvalue weighted by molar-refractivity contribution is -0.136. The molecule has 1 saturated heterocycles. The molecule has 1 aliphatic rings. The lowest BCUT2D eigenvalue weighted by atomic mass is 9.99. The average molecular weight is 442 g/mol. The molecule has 0 unspecified atom stereocenters. The zero-order chi connectivity index (χ0) is 23.2. The van der Waals surface area contributed by atoms with Crippen LogP contribution in [-0.2, 0) is 27.3 Å². The van der Waals surface area contributed by atoms with Gasteiger partial charge in [-0.05, 0) is 35.6 Å². The van der Waals surface area contributed by atoms with Crippen LogP contribution in [0.25, 0.3) is 11.1 Å². The van der Waals surface area contributed by atoms with Gasteiger partial charge in [-0.1, -0.05) is 91.5 Å². The van der Waals surface area contributed by atoms with E-state index < -0.39 is 12.2 Å². The van der Waals surface area contributed by atoms with Crippen molar-refractivity contribution in [3.63, 3.8) is 0 Å². The summed E-state index contributed by atoms with van der Waals surface area (Å²) in [5.41, 5.74) is 4.26. The molecule has 1 fully saturated rings. The van der Waals surface area contributed by atoms with E-state index in [2.05, 4.69) is 30.8 Å². The minimum atomic E-state index is -0.704. The molecule has 0 spiro atoms. The minimum Gasteiger partial charge on any atom is -0.415 e. The maximum absolute atomic E-state index is 13.1. The highest BCUT2D eigenvalue weighted by Gasteiger charge is 2.44. The Kier molecular flexibility index (Phi) is 7.01. The molecule has 0 aromatic heterocycles. The van der Waals surface area contributed by atoms with Crippen molar-refractivity contribution in [2.24, 2.45) is 0 Å². The monoisotopic (exact) mass is 441 g/mol. The molecule has 1 aliphatic heterocycles. The van der Waals surface area contributed by atoms with Crippen molar-refractivity contribution in [3.05, 3.63) is 108 Å². The number of allylic oxidation sites excluding steroid dienone is 1. The fraction of sp³-hybridized carbons (Fsp3) is 0.214. The van der Waals surface area contributed by atoms with Gasteiger partial charge in [0, 0.05) is 6.42 Å². The van der Waals surface area contributed by atoms with Gasteiger partial charge in [0.2, 0.25) is 0 Å². The van der Waals surface area contributed by atoms with Gasteiger partial charge in [0.05, 0.1) is 18.4 Å². The number of carbonyl (C=O) groups is 2. The molecular weight excluding hydrogens is 414 g/mol. The first-order valence-corrected chi connectivity index (χ1v) is 11.0. The number of amides is 2. The van der Waals surface area contributed by atoms with Crippen molar-refractivity contribution >= 4 is 12.0 Å². The number of benzene rings is 3. The molecule has 1 heterocycles. The first-order chi connectivity index (χ1) is 16.0. The van der Waals surface area contributed by atoms with E-state index in [-0.39, 0.29) is 17.7 Å². The molecule has 3 aromatic rings. The third-order valence-corrected chi connectivity index (χ3v) is 5.65. The van der Waals surface area contributed by atoms with Gasteiger partial charge in [-0.2, -0.15) is 0 Å². The summed E-state index contributed by atoms with van der Waals surface area (Å²) in [7, 11) is 0. The predicted octanol–water partition coefficient (Wildman–Crippen LogP) is 5.75. The largest absolute Gasteiger partial charge is 0.421 e. The first-order valence-electron chi connectivity index (χ1n) is 11.0. The van der Waals surface area contributed by atoms with Crippen LogP contribution in [0, 0.1) is 0 Å². The van der Waals surface area contributed by atoms with Gasteiger partial charge in [0.15, 0.2) is 0 Å². The van der Waals surface area contributed by atoms with E-state index in [1.54, 1.807) is 6.92 Å². The fourth-order valence-electron chi connectivity index (χ4n) is 4.05. The van der Waals surface area contributed by atoms with Crippen molar-refractivity contribution in [2.75, 3.05) is 0 Å². The summed E-state index contributed by atoms with van der Waals surface area (Å²) in [5, 5.41) is 0. The van der Waals surface area contributed by atoms with E-state index in [0.717, 1.165) is 22.3 Å². The van der Waals surface area contributed by atoms with Crippen LogP contribution in [0.3, 0.4) is 0 Å². The SMILES string of the molecule is C=C(C)OC(=O)N1C(=O)[C@H](OCc2ccccc2)C[C@H]1Cc1ccc(-c2ccccc2)cc1. The Labute approximate surface area is 194 Å². The van der Waals surface area contributed by atoms with E-state index >= 15 is 0 Å². The lowest BCUT2D eigenvalue weighted by Gasteiger charge is -2.22. The molecule has 0 N–H and O–H groups in total. The number of likely N-dealkylation sites (tertiary alicyclic amines) is 1. The number of hydrogen-bond donors (Lipinski definition) is 0. The van der Waals surface area contributed by atoms with E-state index in [4.69, 9.17) is 9.47 Å². The van der Waals surface area contributed by atoms with Crippen molar-refractivity contribution in [3.8, 4) is 11.1 Å². The summed E-state index contributed by atoms with van der Waals surface area (Å²) < 4.78 is 11.1. The molecule has 0 bridgehead atoms. The second-order valence-corrected chi connectivity index (χ2v) is 8.22. The Morgan fingerprint density at radius 1 is 0.909 bits per heavy atom. The topological polar surface area (TPSA) is 55.8 Å². The van der Waals surface area contributed by atoms with E-state index in [1.165, 1.54) is 4.90 Å². The molecular formula is C28H27NO4. The zero-order valence-corrected chi connectivity index (χ0v) is 18.6. The Hall–Kier alpha value is -3.70. The summed E-state index contributed by atoms with van der Waals surface area (Å²) in [6.45, 7) is 5.51. The van der Waals surface area contributed by atoms with Gasteiger partial charge in [-0.3, -0.25) is 4.79 Å². The van der Waals surface area contributed by atoms with Crippen LogP contribution >= 0.6 is 0 Å². The molecule has 2 atom stereocenters. The van der Waals surface area contributed by atoms with Gasteiger partial charge >= 0.3 is 6.09 Å². The molecule has 0 radical (unpaired) electrons. The second-order valence-electron chi connectivity index (χ2n) is 8.22. The molecule has 0 aliphatic carbocycles. The summed E-state index contributed by atoms with van der Waals surface area (Å²) in [6.07, 6.45) is -0.463. The molecule has 3 aromatic carbocycles. The van der Waals surface area contributed by atoms with Gasteiger partial charge < -0.3 is 9.47 Å². The average Bonchev–Trinajstić information content (AvgIpc) is 3.13. The van der Waals surface area contributed by atoms with Crippen LogP contribution in [0.2, 0.25) is 0 Å². The third kappa shape index (κ3) is 5.57. The normalized spacial score (nSPS) is 17.7. The highest BCUT2D eigenvalue weighted by molar-refractivity contribution is 5.97. The molecule has 168 valence electrons. The van der Waals surface area contributed by atoms with Gasteiger partial charge in [-0.25, -0.2) is 9.69 Å². The smallest absolute Gasteiger partial charge is 0.415 e. The number of nitrogens with zero attached hydrogens (tertiary/aromatic N) is 1. The van der Waals surface area contributed by atoms with Crippen LogP contribution in [-0.4, -0.2) is 29.0 Å². The van der Waals surface area contributed by atoms with E-state index in [1.807, 2.05) is 60.7 Å². The number of hydrogen-bond acceptors (Lipinski definition) is 4. The third-order valence-electron chi connectivity index (χ3n) is 5.65. The van der Waals surface area contributed by atoms with Gasteiger partial charge in [0.1, 0.15) is 6.10 Å². The standard InChI is InChI=1S/C28H27NO4/c1-20(2)33-28(31)29-25(18-26(27(29)30)32-19-22-9-5-3-6-10-22)17-21-13-15-24(16-14-21)23-11-7-4-8-12-23/h3-16,25-26H,1,17-19H2,2H3/t25-,26-/m1/s1. The molecule has 5 heteroatoms. The maximum Gasteiger partial charge on any atom is 0.421 e. The number of carbonyl (C=O) groups excluding carboxylic acids is 2. The fourth-order valence-corrected chi connectivity index (χ4v) is 4.05. The molecule has 4 rings (SSSR count). The number of imide groups is 1. The Morgan fingerprint density at radius 3 is 2.15 bits per heavy atom. The number of rotatable bonds is 7. The van der Waals surface area contributed by atoms with Crippen molar-refractivity contribution in [1.29, 1.82) is 0 Å². The Balaban J connectivity index is 1.49. The van der Waals surface area contributed by atoms with Crippen molar-refractivity contribution in [1.82, 2.24) is 4.90 Å². The molecule has 0 saturated carbocycles. The van der Waals surface area contributed by atoms with Crippen LogP contribution in [0.5, 0.6) is 0 Å². The lowest BCUT2D eigenvalue weighted by Crippen LogP contribution is -2.41. The number of ether oxygens (including phenoxy) is 2. The predicted molar refractivity (Wildman–Crippen MR) is 127 cm³/mol. The van der Waals surface area contributed by atoms with Gasteiger partial charge in [-0.15, -0.1) is 0 Å². The Bertz CT molecular complexity index is 1110. The summed E-state index contributed by atoms with van der Waals surface area (Å²) in [6, 6.07) is 27.6. The minimum absolute atomic E-state index is 0.243. The Morgan fingerprint density at radius 2 is 1.52 bits per heavy atom. The highest BCUT2D eigenvalue weighted by Crippen LogP contribution is 2.28. The van der Waals surface area contributed by atoms with Crippen LogP contribution < -0.4 is 0 Å². The highest BCUT2D eigenvalue weighted by atomic mass is 16.6. The maximum atomic E-state index is 13.1. The quantitative estimate of drug-likeness (QED) is 0.438. The molecule has 5 nitrogen and oxygen atoms in total. The summed E-state index contributed by atoms with van der Waals surface area (Å²) in [5.74, 6) is -0.129. The van der Waals surface area contributed by atoms with Gasteiger partial charge in [0.25, 0.3) is 5.91 Å². The molecule has 2 amide bonds.